The molecule has 0 amide bonds. The normalized spacial score (nSPS) is 38.3. The molecule has 55 heavy (non-hydrogen) atoms. The van der Waals surface area contributed by atoms with E-state index >= 15 is 0 Å². The molecule has 304 valence electrons. The predicted octanol–water partition coefficient (Wildman–Crippen LogP) is 9.01. The van der Waals surface area contributed by atoms with Gasteiger partial charge >= 0.3 is 32.7 Å². The molecule has 0 aromatic heterocycles. The van der Waals surface area contributed by atoms with E-state index in [1.54, 1.807) is 6.07 Å². The molecule has 7 aliphatic rings. The molecule has 4 heterocycles. The number of phenolic OH excluding ortho intramolecular Hbond substituents is 1. The molecule has 0 bridgehead atoms. The Bertz CT molecular complexity index is 1320. The van der Waals surface area contributed by atoms with Crippen molar-refractivity contribution in [3.63, 3.8) is 0 Å². The zero-order valence-corrected chi connectivity index (χ0v) is 36.6. The summed E-state index contributed by atoms with van der Waals surface area (Å²) in [5.41, 5.74) is 1.64. The number of hydrogen-bond acceptors (Lipinski definition) is 6. The zero-order chi connectivity index (χ0) is 37.6. The Hall–Kier alpha value is -0.656. The minimum absolute atomic E-state index is 0. The van der Waals surface area contributed by atoms with Crippen molar-refractivity contribution in [1.82, 2.24) is 9.80 Å². The Morgan fingerprint density at radius 1 is 0.600 bits per heavy atom. The maximum Gasteiger partial charge on any atom is 3.00 e. The number of aliphatic hydroxyl groups excluding tert-OH is 3. The van der Waals surface area contributed by atoms with Crippen molar-refractivity contribution in [2.45, 2.75) is 197 Å². The van der Waals surface area contributed by atoms with E-state index < -0.39 is 0 Å². The van der Waals surface area contributed by atoms with Gasteiger partial charge in [-0.05, 0) is 63.0 Å². The van der Waals surface area contributed by atoms with Crippen LogP contribution in [0.5, 0.6) is 5.75 Å². The molecule has 8 rings (SSSR count). The smallest absolute Gasteiger partial charge is 0.663 e. The van der Waals surface area contributed by atoms with Crippen LogP contribution in [-0.4, -0.2) is 104 Å². The van der Waals surface area contributed by atoms with Gasteiger partial charge in [-0.25, -0.2) is 0 Å². The molecule has 1 aromatic rings. The molecule has 13 unspecified atom stereocenters. The first-order valence-electron chi connectivity index (χ1n) is 22.2. The number of aliphatic hydroxyl groups is 3. The van der Waals surface area contributed by atoms with Gasteiger partial charge in [-0.3, -0.25) is 0 Å². The third-order valence-corrected chi connectivity index (χ3v) is 14.1. The molecule has 3 saturated heterocycles. The summed E-state index contributed by atoms with van der Waals surface area (Å²) in [7, 11) is 0. The van der Waals surface area contributed by atoms with Crippen LogP contribution in [0, 0.1) is 17.8 Å². The van der Waals surface area contributed by atoms with Crippen molar-refractivity contribution >= 4 is 11.8 Å². The van der Waals surface area contributed by atoms with E-state index in [0.717, 1.165) is 95.7 Å². The van der Waals surface area contributed by atoms with Gasteiger partial charge in [0.2, 0.25) is 0 Å². The van der Waals surface area contributed by atoms with Gasteiger partial charge in [0.15, 0.2) is 0 Å². The number of fused-ring (bicyclic) bond motifs is 4. The van der Waals surface area contributed by atoms with Crippen LogP contribution in [0.2, 0.25) is 0 Å². The van der Waals surface area contributed by atoms with Crippen molar-refractivity contribution < 1.29 is 53.1 Å². The largest absolute Gasteiger partial charge is 3.00 e. The van der Waals surface area contributed by atoms with E-state index in [9.17, 15) is 20.4 Å². The zero-order valence-electron chi connectivity index (χ0n) is 33.8. The SMILES string of the molecule is CCCCN(C1C=Cc2cccc(O)c2[N-]1)C1CCC2CCCC(O)C2[N-]1.CCCCN(C1CCC2CCCC(O)C2[N-]1)C1CCC2CCCC(O)C2[N-]1.[Y+3]. The molecular formula is C44H70N6O4Y-. The Morgan fingerprint density at radius 2 is 1.05 bits per heavy atom. The Kier molecular flexibility index (Phi) is 16.8. The number of nitrogens with zero attached hydrogens (tertiary/aromatic N) is 6. The first kappa shape index (κ1) is 43.9. The average Bonchev–Trinajstić information content (AvgIpc) is 3.19. The van der Waals surface area contributed by atoms with E-state index in [1.165, 1.54) is 44.9 Å². The quantitative estimate of drug-likeness (QED) is 0.185. The second-order valence-electron chi connectivity index (χ2n) is 17.7. The molecular weight excluding hydrogens is 765 g/mol. The van der Waals surface area contributed by atoms with Crippen LogP contribution in [0.4, 0.5) is 5.69 Å². The fourth-order valence-electron chi connectivity index (χ4n) is 11.0. The maximum absolute atomic E-state index is 10.5. The van der Waals surface area contributed by atoms with Crippen molar-refractivity contribution in [1.29, 1.82) is 0 Å². The summed E-state index contributed by atoms with van der Waals surface area (Å²) in [6.07, 6.45) is 24.9. The van der Waals surface area contributed by atoms with E-state index in [0.29, 0.717) is 23.4 Å². The molecule has 3 aliphatic carbocycles. The molecule has 11 heteroatoms. The number of unbranched alkanes of at least 4 members (excludes halogenated alkanes) is 2. The standard InChI is InChI=1S/C22H39N3O2.C22H31N3O2.Y/c2*1-2-3-14-25(19-12-10-15-6-4-8-17(26)21(15)23-19)20-13-11-16-7-5-9-18(27)22(16)24-20;/h15-22,26-27H,2-14H2,1H3;4,6,8,10,12,16,18-20,22,26-27H,2-3,5,7,9,11,13-14H2,1H3;/q2*-2;+3. The summed E-state index contributed by atoms with van der Waals surface area (Å²) in [5, 5.41) is 62.1. The van der Waals surface area contributed by atoms with Crippen LogP contribution >= 0.6 is 0 Å². The number of piperidine rings is 3. The number of rotatable bonds is 10. The monoisotopic (exact) mass is 835 g/mol. The number of benzene rings is 1. The summed E-state index contributed by atoms with van der Waals surface area (Å²) in [6, 6.07) is 5.88. The number of para-hydroxylation sites is 1. The first-order chi connectivity index (χ1) is 26.3. The van der Waals surface area contributed by atoms with Crippen LogP contribution in [0.3, 0.4) is 0 Å². The average molecular weight is 836 g/mol. The van der Waals surface area contributed by atoms with Gasteiger partial charge in [-0.15, -0.1) is 18.1 Å². The van der Waals surface area contributed by atoms with E-state index in [1.807, 2.05) is 12.1 Å². The fraction of sp³-hybridized carbons (Fsp3) is 0.818. The van der Waals surface area contributed by atoms with Crippen LogP contribution in [0.25, 0.3) is 27.3 Å². The van der Waals surface area contributed by atoms with Crippen molar-refractivity contribution in [2.24, 2.45) is 17.8 Å². The summed E-state index contributed by atoms with van der Waals surface area (Å²) in [4.78, 5) is 4.91. The Balaban J connectivity index is 0.000000184. The summed E-state index contributed by atoms with van der Waals surface area (Å²) in [6.45, 7) is 6.42. The molecule has 1 aromatic carbocycles. The van der Waals surface area contributed by atoms with Gasteiger partial charge in [0.05, 0.1) is 0 Å². The summed E-state index contributed by atoms with van der Waals surface area (Å²) < 4.78 is 0. The predicted molar refractivity (Wildman–Crippen MR) is 218 cm³/mol. The molecule has 10 nitrogen and oxygen atoms in total. The van der Waals surface area contributed by atoms with Crippen molar-refractivity contribution in [3.05, 3.63) is 51.1 Å². The third-order valence-electron chi connectivity index (χ3n) is 14.1. The van der Waals surface area contributed by atoms with Gasteiger partial charge in [0.25, 0.3) is 0 Å². The summed E-state index contributed by atoms with van der Waals surface area (Å²) in [5.74, 6) is 1.96. The maximum atomic E-state index is 10.5. The molecule has 6 fully saturated rings. The minimum atomic E-state index is -0.289. The number of aromatic hydroxyl groups is 1. The van der Waals surface area contributed by atoms with Crippen LogP contribution < -0.4 is 0 Å². The van der Waals surface area contributed by atoms with Crippen LogP contribution in [0.1, 0.15) is 141 Å². The Labute approximate surface area is 357 Å². The topological polar surface area (TPSA) is 144 Å². The van der Waals surface area contributed by atoms with Gasteiger partial charge in [-0.1, -0.05) is 170 Å². The molecule has 4 N–H and O–H groups in total. The van der Waals surface area contributed by atoms with E-state index in [4.69, 9.17) is 21.3 Å². The van der Waals surface area contributed by atoms with Gasteiger partial charge in [0, 0.05) is 18.3 Å². The Morgan fingerprint density at radius 3 is 1.53 bits per heavy atom. The van der Waals surface area contributed by atoms with E-state index in [2.05, 4.69) is 35.8 Å². The second kappa shape index (κ2) is 21.0. The third kappa shape index (κ3) is 10.6. The van der Waals surface area contributed by atoms with Crippen LogP contribution in [-0.2, 0) is 32.7 Å². The number of phenols is 1. The molecule has 3 saturated carbocycles. The van der Waals surface area contributed by atoms with Gasteiger partial charge in [-0.2, -0.15) is 0 Å². The van der Waals surface area contributed by atoms with Crippen molar-refractivity contribution in [3.8, 4) is 5.75 Å². The molecule has 13 atom stereocenters. The molecule has 4 aliphatic heterocycles. The first-order valence-corrected chi connectivity index (χ1v) is 22.2. The minimum Gasteiger partial charge on any atom is -0.663 e. The summed E-state index contributed by atoms with van der Waals surface area (Å²) >= 11 is 0. The van der Waals surface area contributed by atoms with Gasteiger partial charge in [0.1, 0.15) is 5.75 Å². The molecule has 0 spiro atoms. The fourth-order valence-corrected chi connectivity index (χ4v) is 11.0. The molecule has 0 radical (unpaired) electrons. The van der Waals surface area contributed by atoms with Crippen LogP contribution in [0.15, 0.2) is 24.3 Å². The second-order valence-corrected chi connectivity index (χ2v) is 17.7. The number of hydrogen-bond donors (Lipinski definition) is 4. The van der Waals surface area contributed by atoms with E-state index in [-0.39, 0.29) is 99.6 Å². The van der Waals surface area contributed by atoms with Crippen molar-refractivity contribution in [2.75, 3.05) is 13.1 Å². The van der Waals surface area contributed by atoms with Gasteiger partial charge < -0.3 is 51.5 Å².